The maximum absolute atomic E-state index is 13.5. The molecule has 0 spiro atoms. The molecule has 32 heavy (non-hydrogen) atoms. The van der Waals surface area contributed by atoms with E-state index in [1.807, 2.05) is 12.1 Å². The van der Waals surface area contributed by atoms with Gasteiger partial charge in [0.15, 0.2) is 0 Å². The van der Waals surface area contributed by atoms with E-state index in [2.05, 4.69) is 39.1 Å². The third-order valence-corrected chi connectivity index (χ3v) is 5.16. The fourth-order valence-corrected chi connectivity index (χ4v) is 3.37. The molecule has 0 aromatic heterocycles. The number of anilines is 3. The van der Waals surface area contributed by atoms with E-state index in [9.17, 15) is 9.18 Å². The zero-order valence-corrected chi connectivity index (χ0v) is 18.4. The summed E-state index contributed by atoms with van der Waals surface area (Å²) >= 11 is 5.91. The Kier molecular flexibility index (Phi) is 7.82. The molecule has 0 fully saturated rings. The van der Waals surface area contributed by atoms with E-state index in [0.29, 0.717) is 42.3 Å². The SMILES string of the molecule is C#CCCNC(=O)C(=C)CNc1cc2c(cc1OC)NCNC2Nc1ccc(F)c(Cl)c1. The second kappa shape index (κ2) is 10.8. The standard InChI is InChI=1S/C23H25ClFN5O2/c1-4-5-8-26-23(31)14(2)12-27-20-10-16-19(11-21(20)32-3)28-13-29-22(16)30-15-6-7-18(25)17(24)9-15/h1,6-7,9-11,22,27-30H,2,5,8,12-13H2,3H3,(H,26,31). The summed E-state index contributed by atoms with van der Waals surface area (Å²) in [5.41, 5.74) is 3.52. The molecule has 9 heteroatoms. The second-order valence-corrected chi connectivity index (χ2v) is 7.48. The number of carbonyl (C=O) groups excluding carboxylic acids is 1. The summed E-state index contributed by atoms with van der Waals surface area (Å²) < 4.78 is 19.0. The summed E-state index contributed by atoms with van der Waals surface area (Å²) in [6.45, 7) is 4.97. The number of hydrogen-bond acceptors (Lipinski definition) is 6. The van der Waals surface area contributed by atoms with Crippen LogP contribution in [0.3, 0.4) is 0 Å². The van der Waals surface area contributed by atoms with Gasteiger partial charge in [-0.3, -0.25) is 10.1 Å². The van der Waals surface area contributed by atoms with Gasteiger partial charge < -0.3 is 26.0 Å². The van der Waals surface area contributed by atoms with Gasteiger partial charge in [-0.15, -0.1) is 12.3 Å². The smallest absolute Gasteiger partial charge is 0.248 e. The summed E-state index contributed by atoms with van der Waals surface area (Å²) in [4.78, 5) is 12.1. The molecular formula is C23H25ClFN5O2. The number of halogens is 2. The minimum atomic E-state index is -0.476. The van der Waals surface area contributed by atoms with E-state index in [1.165, 1.54) is 12.1 Å². The van der Waals surface area contributed by atoms with Gasteiger partial charge in [-0.05, 0) is 24.3 Å². The van der Waals surface area contributed by atoms with Gasteiger partial charge in [0.1, 0.15) is 17.7 Å². The van der Waals surface area contributed by atoms with E-state index >= 15 is 0 Å². The fourth-order valence-electron chi connectivity index (χ4n) is 3.19. The zero-order valence-electron chi connectivity index (χ0n) is 17.6. The molecule has 2 aromatic rings. The summed E-state index contributed by atoms with van der Waals surface area (Å²) in [5, 5.41) is 15.9. The van der Waals surface area contributed by atoms with Crippen LogP contribution in [0.5, 0.6) is 5.75 Å². The normalized spacial score (nSPS) is 14.4. The number of amides is 1. The Morgan fingerprint density at radius 1 is 1.41 bits per heavy atom. The van der Waals surface area contributed by atoms with Crippen molar-refractivity contribution in [2.45, 2.75) is 12.6 Å². The number of terminal acetylenes is 1. The van der Waals surface area contributed by atoms with Crippen molar-refractivity contribution >= 4 is 34.6 Å². The summed E-state index contributed by atoms with van der Waals surface area (Å²) in [6, 6.07) is 8.26. The lowest BCUT2D eigenvalue weighted by atomic mass is 10.1. The highest BCUT2D eigenvalue weighted by atomic mass is 35.5. The van der Waals surface area contributed by atoms with E-state index in [4.69, 9.17) is 22.8 Å². The molecule has 1 amide bonds. The molecule has 0 aliphatic carbocycles. The average molecular weight is 458 g/mol. The van der Waals surface area contributed by atoms with Crippen LogP contribution in [0.15, 0.2) is 42.5 Å². The van der Waals surface area contributed by atoms with Crippen molar-refractivity contribution in [3.8, 4) is 18.1 Å². The molecule has 0 saturated carbocycles. The molecule has 1 aliphatic rings. The van der Waals surface area contributed by atoms with Crippen molar-refractivity contribution in [1.29, 1.82) is 0 Å². The molecule has 3 rings (SSSR count). The van der Waals surface area contributed by atoms with Gasteiger partial charge in [0.2, 0.25) is 5.91 Å². The monoisotopic (exact) mass is 457 g/mol. The highest BCUT2D eigenvalue weighted by molar-refractivity contribution is 6.31. The van der Waals surface area contributed by atoms with Crippen LogP contribution in [-0.4, -0.2) is 32.8 Å². The Morgan fingerprint density at radius 3 is 2.94 bits per heavy atom. The van der Waals surface area contributed by atoms with Crippen molar-refractivity contribution in [3.63, 3.8) is 0 Å². The maximum Gasteiger partial charge on any atom is 0.248 e. The van der Waals surface area contributed by atoms with E-state index < -0.39 is 5.82 Å². The third-order valence-electron chi connectivity index (χ3n) is 4.87. The first-order valence-corrected chi connectivity index (χ1v) is 10.3. The topological polar surface area (TPSA) is 86.5 Å². The molecule has 0 radical (unpaired) electrons. The Labute approximate surface area is 191 Å². The number of fused-ring (bicyclic) bond motifs is 1. The first-order valence-electron chi connectivity index (χ1n) is 9.97. The van der Waals surface area contributed by atoms with Gasteiger partial charge in [0, 0.05) is 48.1 Å². The van der Waals surface area contributed by atoms with Crippen LogP contribution in [-0.2, 0) is 4.79 Å². The number of carbonyl (C=O) groups is 1. The number of rotatable bonds is 9. The molecule has 0 saturated heterocycles. The third kappa shape index (κ3) is 5.63. The lowest BCUT2D eigenvalue weighted by Crippen LogP contribution is -2.37. The van der Waals surface area contributed by atoms with Crippen molar-refractivity contribution in [1.82, 2.24) is 10.6 Å². The average Bonchev–Trinajstić information content (AvgIpc) is 2.79. The van der Waals surface area contributed by atoms with Crippen LogP contribution >= 0.6 is 11.6 Å². The van der Waals surface area contributed by atoms with Gasteiger partial charge in [0.25, 0.3) is 0 Å². The van der Waals surface area contributed by atoms with Crippen LogP contribution in [0.4, 0.5) is 21.5 Å². The molecule has 2 aromatic carbocycles. The second-order valence-electron chi connectivity index (χ2n) is 7.07. The van der Waals surface area contributed by atoms with Crippen LogP contribution in [0.2, 0.25) is 5.02 Å². The first-order chi connectivity index (χ1) is 15.4. The highest BCUT2D eigenvalue weighted by Crippen LogP contribution is 2.37. The van der Waals surface area contributed by atoms with Crippen molar-refractivity contribution in [2.75, 3.05) is 42.8 Å². The predicted octanol–water partition coefficient (Wildman–Crippen LogP) is 3.68. The van der Waals surface area contributed by atoms with E-state index in [0.717, 1.165) is 11.3 Å². The lowest BCUT2D eigenvalue weighted by molar-refractivity contribution is -0.117. The van der Waals surface area contributed by atoms with Gasteiger partial charge in [0.05, 0.1) is 24.5 Å². The maximum atomic E-state index is 13.5. The van der Waals surface area contributed by atoms with Gasteiger partial charge >= 0.3 is 0 Å². The van der Waals surface area contributed by atoms with Crippen molar-refractivity contribution in [3.05, 3.63) is 58.9 Å². The van der Waals surface area contributed by atoms with Crippen LogP contribution in [0, 0.1) is 18.2 Å². The number of nitrogens with one attached hydrogen (secondary N) is 5. The van der Waals surface area contributed by atoms with Gasteiger partial charge in [-0.2, -0.15) is 0 Å². The molecule has 0 bridgehead atoms. The Morgan fingerprint density at radius 2 is 2.22 bits per heavy atom. The molecule has 168 valence electrons. The minimum Gasteiger partial charge on any atom is -0.495 e. The number of hydrogen-bond donors (Lipinski definition) is 5. The Balaban J connectivity index is 1.76. The molecule has 1 heterocycles. The highest BCUT2D eigenvalue weighted by Gasteiger charge is 2.22. The fraction of sp³-hybridized carbons (Fsp3) is 0.261. The van der Waals surface area contributed by atoms with Crippen LogP contribution in [0.1, 0.15) is 18.2 Å². The Bertz CT molecular complexity index is 1050. The molecule has 7 nitrogen and oxygen atoms in total. The van der Waals surface area contributed by atoms with E-state index in [1.54, 1.807) is 13.2 Å². The molecule has 1 aliphatic heterocycles. The van der Waals surface area contributed by atoms with Gasteiger partial charge in [-0.25, -0.2) is 4.39 Å². The molecule has 5 N–H and O–H groups in total. The van der Waals surface area contributed by atoms with Gasteiger partial charge in [-0.1, -0.05) is 18.2 Å². The van der Waals surface area contributed by atoms with Crippen molar-refractivity contribution in [2.24, 2.45) is 0 Å². The minimum absolute atomic E-state index is 0.0419. The molecule has 1 unspecified atom stereocenters. The summed E-state index contributed by atoms with van der Waals surface area (Å²) in [7, 11) is 1.57. The summed E-state index contributed by atoms with van der Waals surface area (Å²) in [5.74, 6) is 2.34. The largest absolute Gasteiger partial charge is 0.495 e. The Hall–Kier alpha value is -3.41. The first kappa shape index (κ1) is 23.3. The van der Waals surface area contributed by atoms with Crippen LogP contribution < -0.4 is 31.3 Å². The molecular weight excluding hydrogens is 433 g/mol. The zero-order chi connectivity index (χ0) is 23.1. The number of benzene rings is 2. The van der Waals surface area contributed by atoms with Crippen LogP contribution in [0.25, 0.3) is 0 Å². The molecule has 1 atom stereocenters. The lowest BCUT2D eigenvalue weighted by Gasteiger charge is -2.31. The number of methoxy groups -OCH3 is 1. The summed E-state index contributed by atoms with van der Waals surface area (Å²) in [6.07, 6.45) is 5.39. The predicted molar refractivity (Wildman–Crippen MR) is 126 cm³/mol. The van der Waals surface area contributed by atoms with Crippen molar-refractivity contribution < 1.29 is 13.9 Å². The quantitative estimate of drug-likeness (QED) is 0.224. The number of ether oxygens (including phenoxy) is 1. The van der Waals surface area contributed by atoms with E-state index in [-0.39, 0.29) is 23.6 Å².